The van der Waals surface area contributed by atoms with E-state index in [0.29, 0.717) is 57.1 Å². The summed E-state index contributed by atoms with van der Waals surface area (Å²) < 4.78 is 123. The number of benzene rings is 1. The lowest BCUT2D eigenvalue weighted by atomic mass is 9.80. The summed E-state index contributed by atoms with van der Waals surface area (Å²) in [6, 6.07) is 1.88. The summed E-state index contributed by atoms with van der Waals surface area (Å²) in [6.07, 6.45) is -11.6. The van der Waals surface area contributed by atoms with Crippen molar-refractivity contribution >= 4 is 17.7 Å². The molecule has 0 bridgehead atoms. The number of halogens is 9. The molecule has 9 nitrogen and oxygen atoms in total. The van der Waals surface area contributed by atoms with E-state index in [1.54, 1.807) is 11.8 Å². The van der Waals surface area contributed by atoms with Crippen molar-refractivity contribution in [1.29, 1.82) is 0 Å². The third-order valence-corrected chi connectivity index (χ3v) is 8.02. The van der Waals surface area contributed by atoms with Gasteiger partial charge in [0.05, 0.1) is 23.7 Å². The molecule has 0 spiro atoms. The number of aliphatic carboxylic acids is 1. The van der Waals surface area contributed by atoms with Crippen LogP contribution in [0.3, 0.4) is 0 Å². The normalized spacial score (nSPS) is 17.5. The molecule has 3 aromatic rings. The van der Waals surface area contributed by atoms with Crippen molar-refractivity contribution in [2.75, 3.05) is 22.9 Å². The minimum atomic E-state index is -5.11. The molecule has 0 radical (unpaired) electrons. The number of aromatic nitrogens is 5. The third kappa shape index (κ3) is 9.47. The van der Waals surface area contributed by atoms with Gasteiger partial charge < -0.3 is 14.9 Å². The summed E-state index contributed by atoms with van der Waals surface area (Å²) in [5, 5.41) is 20.6. The van der Waals surface area contributed by atoms with E-state index >= 15 is 0 Å². The van der Waals surface area contributed by atoms with Gasteiger partial charge in [0.2, 0.25) is 0 Å². The maximum atomic E-state index is 13.8. The first-order chi connectivity index (χ1) is 21.8. The first-order valence-corrected chi connectivity index (χ1v) is 14.6. The second kappa shape index (κ2) is 13.9. The van der Waals surface area contributed by atoms with E-state index in [4.69, 9.17) is 5.11 Å². The van der Waals surface area contributed by atoms with E-state index in [9.17, 15) is 44.3 Å². The molecule has 258 valence electrons. The molecule has 1 N–H and O–H groups in total. The number of rotatable bonds is 11. The SMILES string of the molecule is CCN(CC1CCC(CC(=O)O)CC1)c1ncc(C(F)(F)F)cc1CN(Cc1cc(C(F)(F)F)cc(C(F)(F)F)c1)c1nnn(C)n1. The van der Waals surface area contributed by atoms with Gasteiger partial charge in [-0.1, -0.05) is 5.10 Å². The van der Waals surface area contributed by atoms with Crippen LogP contribution in [0.25, 0.3) is 0 Å². The molecule has 0 amide bonds. The number of hydrogen-bond acceptors (Lipinski definition) is 7. The zero-order chi connectivity index (χ0) is 34.7. The quantitative estimate of drug-likeness (QED) is 0.217. The summed E-state index contributed by atoms with van der Waals surface area (Å²) in [5.74, 6) is -0.881. The number of carboxylic acids is 1. The molecule has 47 heavy (non-hydrogen) atoms. The Kier molecular flexibility index (Phi) is 10.6. The number of tetrazole rings is 1. The molecule has 18 heteroatoms. The molecule has 1 saturated carbocycles. The Morgan fingerprint density at radius 3 is 1.91 bits per heavy atom. The van der Waals surface area contributed by atoms with Gasteiger partial charge in [-0.3, -0.25) is 4.79 Å². The van der Waals surface area contributed by atoms with Gasteiger partial charge in [-0.2, -0.15) is 44.3 Å². The van der Waals surface area contributed by atoms with Crippen LogP contribution < -0.4 is 9.80 Å². The molecule has 4 rings (SSSR count). The average Bonchev–Trinajstić information content (AvgIpc) is 3.41. The van der Waals surface area contributed by atoms with Crippen molar-refractivity contribution in [3.8, 4) is 0 Å². The Hall–Kier alpha value is -4.12. The minimum absolute atomic E-state index is 0.0164. The zero-order valence-corrected chi connectivity index (χ0v) is 25.3. The Morgan fingerprint density at radius 2 is 1.43 bits per heavy atom. The van der Waals surface area contributed by atoms with Crippen LogP contribution in [0.1, 0.15) is 66.8 Å². The van der Waals surface area contributed by atoms with E-state index in [2.05, 4.69) is 20.4 Å². The molecule has 2 heterocycles. The number of aryl methyl sites for hydroxylation is 1. The van der Waals surface area contributed by atoms with Crippen molar-refractivity contribution in [1.82, 2.24) is 25.2 Å². The van der Waals surface area contributed by atoms with E-state index < -0.39 is 59.8 Å². The number of pyridine rings is 1. The lowest BCUT2D eigenvalue weighted by molar-refractivity contribution is -0.143. The highest BCUT2D eigenvalue weighted by molar-refractivity contribution is 5.67. The van der Waals surface area contributed by atoms with Crippen LogP contribution in [0.15, 0.2) is 30.5 Å². The molecule has 0 saturated heterocycles. The molecular formula is C29H32F9N7O2. The molecule has 1 aromatic carbocycles. The maximum absolute atomic E-state index is 13.8. The van der Waals surface area contributed by atoms with Crippen molar-refractivity contribution in [2.24, 2.45) is 18.9 Å². The van der Waals surface area contributed by atoms with Crippen LogP contribution in [0.2, 0.25) is 0 Å². The van der Waals surface area contributed by atoms with Gasteiger partial charge in [0.15, 0.2) is 0 Å². The molecule has 0 atom stereocenters. The van der Waals surface area contributed by atoms with Gasteiger partial charge in [-0.25, -0.2) is 4.98 Å². The van der Waals surface area contributed by atoms with Gasteiger partial charge in [0, 0.05) is 44.4 Å². The fourth-order valence-corrected chi connectivity index (χ4v) is 5.74. The summed E-state index contributed by atoms with van der Waals surface area (Å²) >= 11 is 0. The van der Waals surface area contributed by atoms with Crippen LogP contribution in [-0.4, -0.2) is 49.4 Å². The van der Waals surface area contributed by atoms with Crippen LogP contribution in [0.5, 0.6) is 0 Å². The summed E-state index contributed by atoms with van der Waals surface area (Å²) in [6.45, 7) is 1.34. The topological polar surface area (TPSA) is 100 Å². The van der Waals surface area contributed by atoms with Gasteiger partial charge >= 0.3 is 24.5 Å². The Morgan fingerprint density at radius 1 is 0.851 bits per heavy atom. The maximum Gasteiger partial charge on any atom is 0.417 e. The van der Waals surface area contributed by atoms with E-state index in [0.717, 1.165) is 15.8 Å². The molecule has 0 unspecified atom stereocenters. The van der Waals surface area contributed by atoms with Crippen LogP contribution in [0, 0.1) is 11.8 Å². The van der Waals surface area contributed by atoms with Gasteiger partial charge in [-0.05, 0) is 79.5 Å². The van der Waals surface area contributed by atoms with Gasteiger partial charge in [-0.15, -0.1) is 5.10 Å². The standard InChI is InChI=1S/C29H32F9N7O2/c1-3-44(14-18-6-4-17(5-7-18)10-24(46)47)25-20(11-23(13-39-25)29(36,37)38)16-45(26-40-42-43(2)41-26)15-19-8-21(27(30,31)32)12-22(9-19)28(33,34)35/h8-9,11-13,17-18H,3-7,10,14-16H2,1-2H3,(H,46,47). The van der Waals surface area contributed by atoms with E-state index in [-0.39, 0.29) is 41.7 Å². The number of anilines is 2. The summed E-state index contributed by atoms with van der Waals surface area (Å²) in [7, 11) is 1.36. The van der Waals surface area contributed by atoms with E-state index in [1.807, 2.05) is 0 Å². The van der Waals surface area contributed by atoms with E-state index in [1.165, 1.54) is 7.05 Å². The molecule has 0 aliphatic heterocycles. The first kappa shape index (κ1) is 35.7. The minimum Gasteiger partial charge on any atom is -0.481 e. The third-order valence-electron chi connectivity index (χ3n) is 8.02. The Bertz CT molecular complexity index is 1500. The van der Waals surface area contributed by atoms with Crippen molar-refractivity contribution in [3.63, 3.8) is 0 Å². The predicted octanol–water partition coefficient (Wildman–Crippen LogP) is 6.98. The molecule has 2 aromatic heterocycles. The molecule has 1 aliphatic carbocycles. The van der Waals surface area contributed by atoms with Crippen LogP contribution in [-0.2, 0) is 43.5 Å². The van der Waals surface area contributed by atoms with Crippen LogP contribution in [0.4, 0.5) is 51.3 Å². The van der Waals surface area contributed by atoms with Crippen molar-refractivity contribution < 1.29 is 49.4 Å². The number of carbonyl (C=O) groups is 1. The van der Waals surface area contributed by atoms with Crippen molar-refractivity contribution in [3.05, 3.63) is 58.3 Å². The highest BCUT2D eigenvalue weighted by Gasteiger charge is 2.38. The first-order valence-electron chi connectivity index (χ1n) is 14.6. The Balaban J connectivity index is 1.72. The highest BCUT2D eigenvalue weighted by atomic mass is 19.4. The number of alkyl halides is 9. The van der Waals surface area contributed by atoms with Gasteiger partial charge in [0.25, 0.3) is 5.95 Å². The zero-order valence-electron chi connectivity index (χ0n) is 25.3. The number of nitrogens with zero attached hydrogens (tertiary/aromatic N) is 7. The Labute approximate surface area is 263 Å². The summed E-state index contributed by atoms with van der Waals surface area (Å²) in [5.41, 5.74) is -4.66. The molecule has 1 aliphatic rings. The lowest BCUT2D eigenvalue weighted by Crippen LogP contribution is -2.34. The lowest BCUT2D eigenvalue weighted by Gasteiger charge is -2.34. The largest absolute Gasteiger partial charge is 0.481 e. The van der Waals surface area contributed by atoms with Gasteiger partial charge in [0.1, 0.15) is 5.82 Å². The fourth-order valence-electron chi connectivity index (χ4n) is 5.74. The monoisotopic (exact) mass is 681 g/mol. The molecule has 1 fully saturated rings. The number of hydrogen-bond donors (Lipinski definition) is 1. The highest BCUT2D eigenvalue weighted by Crippen LogP contribution is 2.38. The molecular weight excluding hydrogens is 649 g/mol. The average molecular weight is 682 g/mol. The fraction of sp³-hybridized carbons (Fsp3) is 0.552. The number of carboxylic acid groups (broad SMARTS) is 1. The smallest absolute Gasteiger partial charge is 0.417 e. The van der Waals surface area contributed by atoms with Crippen molar-refractivity contribution in [2.45, 2.75) is 70.6 Å². The predicted molar refractivity (Wildman–Crippen MR) is 150 cm³/mol. The second-order valence-electron chi connectivity index (χ2n) is 11.6. The van der Waals surface area contributed by atoms with Crippen LogP contribution >= 0.6 is 0 Å². The summed E-state index contributed by atoms with van der Waals surface area (Å²) in [4.78, 5) is 19.1. The second-order valence-corrected chi connectivity index (χ2v) is 11.6.